The van der Waals surface area contributed by atoms with E-state index in [9.17, 15) is 0 Å². The molecule has 0 bridgehead atoms. The zero-order valence-electron chi connectivity index (χ0n) is 9.91. The largest absolute Gasteiger partial charge is 0.364 e. The molecule has 6 heteroatoms. The van der Waals surface area contributed by atoms with Crippen molar-refractivity contribution in [2.75, 3.05) is 5.32 Å². The average molecular weight is 240 g/mol. The van der Waals surface area contributed by atoms with E-state index in [1.165, 1.54) is 0 Å². The second kappa shape index (κ2) is 4.40. The fourth-order valence-electron chi connectivity index (χ4n) is 1.75. The Kier molecular flexibility index (Phi) is 2.60. The van der Waals surface area contributed by atoms with Gasteiger partial charge in [-0.15, -0.1) is 0 Å². The molecule has 90 valence electrons. The van der Waals surface area contributed by atoms with E-state index in [2.05, 4.69) is 25.4 Å². The lowest BCUT2D eigenvalue weighted by atomic mass is 10.3. The van der Waals surface area contributed by atoms with Crippen LogP contribution in [0.5, 0.6) is 0 Å². The van der Waals surface area contributed by atoms with Crippen molar-refractivity contribution < 1.29 is 0 Å². The predicted octanol–water partition coefficient (Wildman–Crippen LogP) is 1.44. The maximum Gasteiger partial charge on any atom is 0.155 e. The lowest BCUT2D eigenvalue weighted by Crippen LogP contribution is -2.07. The molecule has 3 rings (SSSR count). The van der Waals surface area contributed by atoms with Crippen LogP contribution in [-0.2, 0) is 6.54 Å². The minimum Gasteiger partial charge on any atom is -0.364 e. The Hall–Kier alpha value is -2.50. The molecule has 18 heavy (non-hydrogen) atoms. The second-order valence-electron chi connectivity index (χ2n) is 3.94. The van der Waals surface area contributed by atoms with Crippen molar-refractivity contribution in [1.29, 1.82) is 0 Å². The van der Waals surface area contributed by atoms with Crippen molar-refractivity contribution in [2.45, 2.75) is 13.5 Å². The number of nitrogens with one attached hydrogen (secondary N) is 1. The topological polar surface area (TPSA) is 68.0 Å². The standard InChI is InChI=1S/C12H12N6/c1-9-6-11(16-8-15-9)14-7-10-2-4-13-12-3-5-17-18(10)12/h2-6,8H,7H2,1H3,(H,14,15,16). The molecule has 0 aliphatic rings. The molecule has 6 nitrogen and oxygen atoms in total. The number of aryl methyl sites for hydroxylation is 1. The monoisotopic (exact) mass is 240 g/mol. The molecule has 0 fully saturated rings. The van der Waals surface area contributed by atoms with Crippen LogP contribution in [-0.4, -0.2) is 24.6 Å². The van der Waals surface area contributed by atoms with Crippen molar-refractivity contribution in [3.05, 3.63) is 48.3 Å². The summed E-state index contributed by atoms with van der Waals surface area (Å²) >= 11 is 0. The van der Waals surface area contributed by atoms with E-state index in [0.717, 1.165) is 22.9 Å². The molecule has 0 amide bonds. The van der Waals surface area contributed by atoms with Crippen molar-refractivity contribution in [3.63, 3.8) is 0 Å². The first-order valence-electron chi connectivity index (χ1n) is 5.63. The molecule has 0 aromatic carbocycles. The average Bonchev–Trinajstić information content (AvgIpc) is 2.85. The maximum absolute atomic E-state index is 4.23. The van der Waals surface area contributed by atoms with Gasteiger partial charge in [0.15, 0.2) is 5.65 Å². The molecule has 1 N–H and O–H groups in total. The van der Waals surface area contributed by atoms with Gasteiger partial charge in [0.2, 0.25) is 0 Å². The van der Waals surface area contributed by atoms with Gasteiger partial charge in [0.1, 0.15) is 12.1 Å². The fraction of sp³-hybridized carbons (Fsp3) is 0.167. The van der Waals surface area contributed by atoms with Gasteiger partial charge in [-0.1, -0.05) is 0 Å². The third-order valence-corrected chi connectivity index (χ3v) is 2.62. The minimum absolute atomic E-state index is 0.636. The normalized spacial score (nSPS) is 10.7. The van der Waals surface area contributed by atoms with Crippen LogP contribution >= 0.6 is 0 Å². The van der Waals surface area contributed by atoms with Gasteiger partial charge in [0.25, 0.3) is 0 Å². The highest BCUT2D eigenvalue weighted by Gasteiger charge is 2.02. The van der Waals surface area contributed by atoms with Crippen LogP contribution in [0.4, 0.5) is 5.82 Å². The number of anilines is 1. The summed E-state index contributed by atoms with van der Waals surface area (Å²) in [5.41, 5.74) is 2.81. The van der Waals surface area contributed by atoms with Crippen molar-refractivity contribution in [1.82, 2.24) is 24.6 Å². The third kappa shape index (κ3) is 2.00. The highest BCUT2D eigenvalue weighted by Crippen LogP contribution is 2.07. The minimum atomic E-state index is 0.636. The highest BCUT2D eigenvalue weighted by molar-refractivity contribution is 5.39. The molecule has 0 saturated carbocycles. The SMILES string of the molecule is Cc1cc(NCc2ccnc3ccnn23)ncn1. The van der Waals surface area contributed by atoms with Crippen molar-refractivity contribution in [2.24, 2.45) is 0 Å². The first-order chi connectivity index (χ1) is 8.83. The number of hydrogen-bond acceptors (Lipinski definition) is 5. The molecule has 0 radical (unpaired) electrons. The van der Waals surface area contributed by atoms with Gasteiger partial charge >= 0.3 is 0 Å². The van der Waals surface area contributed by atoms with E-state index in [-0.39, 0.29) is 0 Å². The van der Waals surface area contributed by atoms with Gasteiger partial charge in [-0.3, -0.25) is 0 Å². The van der Waals surface area contributed by atoms with E-state index in [1.54, 1.807) is 23.2 Å². The summed E-state index contributed by atoms with van der Waals surface area (Å²) in [6, 6.07) is 5.71. The Morgan fingerprint density at radius 3 is 3.00 bits per heavy atom. The van der Waals surface area contributed by atoms with Crippen molar-refractivity contribution >= 4 is 11.5 Å². The molecule has 0 unspecified atom stereocenters. The second-order valence-corrected chi connectivity index (χ2v) is 3.94. The van der Waals surface area contributed by atoms with Gasteiger partial charge in [-0.05, 0) is 13.0 Å². The van der Waals surface area contributed by atoms with E-state index in [0.29, 0.717) is 6.54 Å². The van der Waals surface area contributed by atoms with Crippen LogP contribution in [0.1, 0.15) is 11.4 Å². The third-order valence-electron chi connectivity index (χ3n) is 2.62. The van der Waals surface area contributed by atoms with Crippen LogP contribution in [0.3, 0.4) is 0 Å². The summed E-state index contributed by atoms with van der Waals surface area (Å²) in [5.74, 6) is 0.805. The number of rotatable bonds is 3. The molecule has 3 aromatic rings. The molecule has 0 saturated heterocycles. The summed E-state index contributed by atoms with van der Waals surface area (Å²) in [5, 5.41) is 7.47. The summed E-state index contributed by atoms with van der Waals surface area (Å²) in [6.07, 6.45) is 5.06. The van der Waals surface area contributed by atoms with Gasteiger partial charge in [-0.25, -0.2) is 19.5 Å². The van der Waals surface area contributed by atoms with Crippen LogP contribution in [0.15, 0.2) is 36.9 Å². The summed E-state index contributed by atoms with van der Waals surface area (Å²) in [4.78, 5) is 12.4. The first kappa shape index (κ1) is 10.6. The van der Waals surface area contributed by atoms with E-state index in [4.69, 9.17) is 0 Å². The number of hydrogen-bond donors (Lipinski definition) is 1. The maximum atomic E-state index is 4.23. The molecule has 0 spiro atoms. The first-order valence-corrected chi connectivity index (χ1v) is 5.63. The zero-order chi connectivity index (χ0) is 12.4. The molecular formula is C12H12N6. The fourth-order valence-corrected chi connectivity index (χ4v) is 1.75. The molecule has 0 atom stereocenters. The van der Waals surface area contributed by atoms with Gasteiger partial charge in [0, 0.05) is 24.0 Å². The molecule has 0 aliphatic carbocycles. The predicted molar refractivity (Wildman–Crippen MR) is 67.1 cm³/mol. The quantitative estimate of drug-likeness (QED) is 0.750. The smallest absolute Gasteiger partial charge is 0.155 e. The lowest BCUT2D eigenvalue weighted by molar-refractivity contribution is 0.851. The number of aromatic nitrogens is 5. The number of nitrogens with zero attached hydrogens (tertiary/aromatic N) is 5. The highest BCUT2D eigenvalue weighted by atomic mass is 15.3. The molecule has 3 aromatic heterocycles. The summed E-state index contributed by atoms with van der Waals surface area (Å²) in [7, 11) is 0. The van der Waals surface area contributed by atoms with Crippen LogP contribution in [0, 0.1) is 6.92 Å². The van der Waals surface area contributed by atoms with E-state index in [1.807, 2.05) is 25.1 Å². The Balaban J connectivity index is 1.83. The zero-order valence-corrected chi connectivity index (χ0v) is 9.91. The van der Waals surface area contributed by atoms with E-state index < -0.39 is 0 Å². The van der Waals surface area contributed by atoms with Crippen LogP contribution in [0.25, 0.3) is 5.65 Å². The molecule has 0 aliphatic heterocycles. The molecular weight excluding hydrogens is 228 g/mol. The van der Waals surface area contributed by atoms with Gasteiger partial charge in [-0.2, -0.15) is 5.10 Å². The van der Waals surface area contributed by atoms with E-state index >= 15 is 0 Å². The Labute approximate surface area is 104 Å². The lowest BCUT2D eigenvalue weighted by Gasteiger charge is -2.07. The number of fused-ring (bicyclic) bond motifs is 1. The van der Waals surface area contributed by atoms with Crippen molar-refractivity contribution in [3.8, 4) is 0 Å². The van der Waals surface area contributed by atoms with Crippen LogP contribution in [0.2, 0.25) is 0 Å². The summed E-state index contributed by atoms with van der Waals surface area (Å²) < 4.78 is 1.81. The van der Waals surface area contributed by atoms with Gasteiger partial charge in [0.05, 0.1) is 18.4 Å². The van der Waals surface area contributed by atoms with Gasteiger partial charge < -0.3 is 5.32 Å². The Morgan fingerprint density at radius 2 is 2.11 bits per heavy atom. The Bertz CT molecular complexity index is 675. The Morgan fingerprint density at radius 1 is 1.17 bits per heavy atom. The summed E-state index contributed by atoms with van der Waals surface area (Å²) in [6.45, 7) is 2.57. The molecule has 3 heterocycles. The van der Waals surface area contributed by atoms with Crippen LogP contribution < -0.4 is 5.32 Å².